The Bertz CT molecular complexity index is 1080. The van der Waals surface area contributed by atoms with Gasteiger partial charge in [0.15, 0.2) is 5.82 Å². The summed E-state index contributed by atoms with van der Waals surface area (Å²) in [5.41, 5.74) is 4.15. The SMILES string of the molecule is CNc1nc(-c2c[nH]c3c(F)cc(C)cc23)nc2cc(C)ccc12. The molecule has 4 nitrogen and oxygen atoms in total. The van der Waals surface area contributed by atoms with Crippen LogP contribution in [0.1, 0.15) is 11.1 Å². The van der Waals surface area contributed by atoms with Gasteiger partial charge >= 0.3 is 0 Å². The summed E-state index contributed by atoms with van der Waals surface area (Å²) in [5, 5.41) is 4.89. The Balaban J connectivity index is 2.03. The van der Waals surface area contributed by atoms with E-state index in [1.165, 1.54) is 6.07 Å². The minimum atomic E-state index is -0.262. The summed E-state index contributed by atoms with van der Waals surface area (Å²) in [4.78, 5) is 12.3. The Hall–Kier alpha value is -2.95. The van der Waals surface area contributed by atoms with Crippen molar-refractivity contribution in [3.05, 3.63) is 53.5 Å². The lowest BCUT2D eigenvalue weighted by molar-refractivity contribution is 0.636. The molecule has 2 aromatic carbocycles. The van der Waals surface area contributed by atoms with Gasteiger partial charge in [0, 0.05) is 29.6 Å². The number of aromatic nitrogens is 3. The van der Waals surface area contributed by atoms with Gasteiger partial charge in [0.2, 0.25) is 0 Å². The standard InChI is InChI=1S/C19H17FN4/c1-10-4-5-12-16(8-10)23-19(24-18(12)21-3)14-9-22-17-13(14)6-11(2)7-15(17)20/h4-9,22H,1-3H3,(H,21,23,24). The Morgan fingerprint density at radius 2 is 1.83 bits per heavy atom. The number of nitrogens with zero attached hydrogens (tertiary/aromatic N) is 2. The van der Waals surface area contributed by atoms with Gasteiger partial charge in [-0.05, 0) is 49.2 Å². The third-order valence-corrected chi connectivity index (χ3v) is 4.22. The zero-order valence-corrected chi connectivity index (χ0v) is 13.7. The summed E-state index contributed by atoms with van der Waals surface area (Å²) < 4.78 is 14.1. The maximum Gasteiger partial charge on any atom is 0.164 e. The van der Waals surface area contributed by atoms with Crippen molar-refractivity contribution in [2.24, 2.45) is 0 Å². The second-order valence-electron chi connectivity index (χ2n) is 6.04. The minimum Gasteiger partial charge on any atom is -0.373 e. The van der Waals surface area contributed by atoms with Crippen molar-refractivity contribution in [3.8, 4) is 11.4 Å². The van der Waals surface area contributed by atoms with Crippen molar-refractivity contribution in [1.82, 2.24) is 15.0 Å². The molecular weight excluding hydrogens is 303 g/mol. The second-order valence-corrected chi connectivity index (χ2v) is 6.04. The first-order valence-electron chi connectivity index (χ1n) is 7.80. The molecule has 0 fully saturated rings. The minimum absolute atomic E-state index is 0.262. The van der Waals surface area contributed by atoms with E-state index in [4.69, 9.17) is 4.98 Å². The molecule has 24 heavy (non-hydrogen) atoms. The molecule has 0 saturated heterocycles. The highest BCUT2D eigenvalue weighted by Gasteiger charge is 2.15. The molecule has 2 heterocycles. The molecule has 0 aliphatic rings. The number of anilines is 1. The number of aryl methyl sites for hydroxylation is 2. The first kappa shape index (κ1) is 14.6. The number of hydrogen-bond donors (Lipinski definition) is 2. The van der Waals surface area contributed by atoms with E-state index in [9.17, 15) is 4.39 Å². The maximum absolute atomic E-state index is 14.1. The average Bonchev–Trinajstić information content (AvgIpc) is 2.97. The quantitative estimate of drug-likeness (QED) is 0.568. The fraction of sp³-hybridized carbons (Fsp3) is 0.158. The van der Waals surface area contributed by atoms with Crippen LogP contribution in [0, 0.1) is 19.7 Å². The van der Waals surface area contributed by atoms with E-state index in [1.807, 2.05) is 45.2 Å². The van der Waals surface area contributed by atoms with Crippen LogP contribution in [-0.2, 0) is 0 Å². The molecule has 4 aromatic rings. The molecule has 0 unspecified atom stereocenters. The van der Waals surface area contributed by atoms with Gasteiger partial charge in [-0.2, -0.15) is 0 Å². The largest absolute Gasteiger partial charge is 0.373 e. The van der Waals surface area contributed by atoms with Crippen LogP contribution in [0.15, 0.2) is 36.5 Å². The normalized spacial score (nSPS) is 11.3. The molecular formula is C19H17FN4. The van der Waals surface area contributed by atoms with Crippen molar-refractivity contribution < 1.29 is 4.39 Å². The van der Waals surface area contributed by atoms with E-state index in [0.717, 1.165) is 38.8 Å². The Kier molecular flexibility index (Phi) is 3.23. The van der Waals surface area contributed by atoms with Gasteiger partial charge in [-0.1, -0.05) is 6.07 Å². The first-order chi connectivity index (χ1) is 11.6. The lowest BCUT2D eigenvalue weighted by Crippen LogP contribution is -1.98. The van der Waals surface area contributed by atoms with Gasteiger partial charge in [-0.3, -0.25) is 0 Å². The molecule has 0 aliphatic heterocycles. The Labute approximate surface area is 138 Å². The summed E-state index contributed by atoms with van der Waals surface area (Å²) in [6.45, 7) is 3.91. The van der Waals surface area contributed by atoms with E-state index >= 15 is 0 Å². The number of H-pyrrole nitrogens is 1. The molecule has 2 N–H and O–H groups in total. The third kappa shape index (κ3) is 2.21. The number of benzene rings is 2. The molecule has 120 valence electrons. The lowest BCUT2D eigenvalue weighted by Gasteiger charge is -2.08. The van der Waals surface area contributed by atoms with Crippen LogP contribution >= 0.6 is 0 Å². The highest BCUT2D eigenvalue weighted by atomic mass is 19.1. The monoisotopic (exact) mass is 320 g/mol. The molecule has 2 aromatic heterocycles. The molecule has 4 rings (SSSR count). The second kappa shape index (κ2) is 5.30. The smallest absolute Gasteiger partial charge is 0.164 e. The highest BCUT2D eigenvalue weighted by molar-refractivity contribution is 5.97. The van der Waals surface area contributed by atoms with Crippen LogP contribution in [0.2, 0.25) is 0 Å². The molecule has 0 aliphatic carbocycles. The van der Waals surface area contributed by atoms with E-state index in [2.05, 4.69) is 15.3 Å². The van der Waals surface area contributed by atoms with Crippen molar-refractivity contribution >= 4 is 27.6 Å². The molecule has 5 heteroatoms. The fourth-order valence-electron chi connectivity index (χ4n) is 3.06. The van der Waals surface area contributed by atoms with Gasteiger partial charge in [-0.25, -0.2) is 14.4 Å². The van der Waals surface area contributed by atoms with E-state index in [1.54, 1.807) is 6.20 Å². The predicted octanol–water partition coefficient (Wildman–Crippen LogP) is 4.58. The summed E-state index contributed by atoms with van der Waals surface area (Å²) in [7, 11) is 1.84. The molecule has 0 amide bonds. The lowest BCUT2D eigenvalue weighted by atomic mass is 10.1. The van der Waals surface area contributed by atoms with Crippen LogP contribution < -0.4 is 5.32 Å². The average molecular weight is 320 g/mol. The van der Waals surface area contributed by atoms with E-state index < -0.39 is 0 Å². The van der Waals surface area contributed by atoms with Crippen LogP contribution in [-0.4, -0.2) is 22.0 Å². The number of halogens is 1. The topological polar surface area (TPSA) is 53.6 Å². The Morgan fingerprint density at radius 1 is 1.00 bits per heavy atom. The number of fused-ring (bicyclic) bond motifs is 2. The van der Waals surface area contributed by atoms with Gasteiger partial charge in [0.1, 0.15) is 11.6 Å². The first-order valence-corrected chi connectivity index (χ1v) is 7.80. The zero-order valence-electron chi connectivity index (χ0n) is 13.7. The van der Waals surface area contributed by atoms with Gasteiger partial charge in [-0.15, -0.1) is 0 Å². The molecule has 0 spiro atoms. The van der Waals surface area contributed by atoms with Gasteiger partial charge in [0.05, 0.1) is 11.0 Å². The number of aromatic amines is 1. The van der Waals surface area contributed by atoms with Crippen LogP contribution in [0.5, 0.6) is 0 Å². The van der Waals surface area contributed by atoms with Crippen LogP contribution in [0.25, 0.3) is 33.2 Å². The van der Waals surface area contributed by atoms with Crippen molar-refractivity contribution in [1.29, 1.82) is 0 Å². The van der Waals surface area contributed by atoms with Gasteiger partial charge < -0.3 is 10.3 Å². The van der Waals surface area contributed by atoms with Gasteiger partial charge in [0.25, 0.3) is 0 Å². The summed E-state index contributed by atoms with van der Waals surface area (Å²) >= 11 is 0. The fourth-order valence-corrected chi connectivity index (χ4v) is 3.06. The molecule has 0 saturated carbocycles. The molecule has 0 atom stereocenters. The number of rotatable bonds is 2. The molecule has 0 radical (unpaired) electrons. The number of nitrogens with one attached hydrogen (secondary N) is 2. The van der Waals surface area contributed by atoms with Crippen molar-refractivity contribution in [2.75, 3.05) is 12.4 Å². The van der Waals surface area contributed by atoms with E-state index in [0.29, 0.717) is 11.3 Å². The number of hydrogen-bond acceptors (Lipinski definition) is 3. The maximum atomic E-state index is 14.1. The third-order valence-electron chi connectivity index (χ3n) is 4.22. The highest BCUT2D eigenvalue weighted by Crippen LogP contribution is 2.31. The van der Waals surface area contributed by atoms with Crippen LogP contribution in [0.4, 0.5) is 10.2 Å². The predicted molar refractivity (Wildman–Crippen MR) is 95.8 cm³/mol. The zero-order chi connectivity index (χ0) is 16.8. The van der Waals surface area contributed by atoms with E-state index in [-0.39, 0.29) is 5.82 Å². The molecule has 0 bridgehead atoms. The van der Waals surface area contributed by atoms with Crippen LogP contribution in [0.3, 0.4) is 0 Å². The van der Waals surface area contributed by atoms with Crippen molar-refractivity contribution in [2.45, 2.75) is 13.8 Å². The Morgan fingerprint density at radius 3 is 2.62 bits per heavy atom. The summed E-state index contributed by atoms with van der Waals surface area (Å²) in [6.07, 6.45) is 1.77. The summed E-state index contributed by atoms with van der Waals surface area (Å²) in [5.74, 6) is 1.08. The summed E-state index contributed by atoms with van der Waals surface area (Å²) in [6, 6.07) is 9.55. The van der Waals surface area contributed by atoms with Crippen molar-refractivity contribution in [3.63, 3.8) is 0 Å².